The van der Waals surface area contributed by atoms with Crippen LogP contribution in [-0.4, -0.2) is 36.5 Å². The summed E-state index contributed by atoms with van der Waals surface area (Å²) in [5, 5.41) is 16.4. The van der Waals surface area contributed by atoms with Crippen molar-refractivity contribution in [3.63, 3.8) is 0 Å². The van der Waals surface area contributed by atoms with E-state index < -0.39 is 17.2 Å². The molecule has 0 saturated carbocycles. The number of alkyl carbamates (subject to hydrolysis) is 1. The molecule has 0 saturated heterocycles. The zero-order valence-corrected chi connectivity index (χ0v) is 26.1. The monoisotopic (exact) mass is 562 g/mol. The lowest BCUT2D eigenvalue weighted by molar-refractivity contribution is 0.0527. The Balaban J connectivity index is 0.000000609. The summed E-state index contributed by atoms with van der Waals surface area (Å²) in [6, 6.07) is 10.4. The van der Waals surface area contributed by atoms with E-state index >= 15 is 0 Å². The van der Waals surface area contributed by atoms with Crippen molar-refractivity contribution in [1.82, 2.24) is 10.6 Å². The van der Waals surface area contributed by atoms with Crippen molar-refractivity contribution in [3.8, 4) is 0 Å². The summed E-state index contributed by atoms with van der Waals surface area (Å²) in [5.74, 6) is -0.814. The number of halogens is 2. The SMILES string of the molecule is CC.CC(C)(C)Cc1ccc2c(c1)C(NCCCNC(=O)OC(C)(C)C)C(CO)CC2.Cc1cc(F)cc(F)c1. The van der Waals surface area contributed by atoms with Gasteiger partial charge in [-0.2, -0.15) is 0 Å². The van der Waals surface area contributed by atoms with Gasteiger partial charge in [0.1, 0.15) is 17.2 Å². The molecule has 1 aliphatic carbocycles. The Bertz CT molecular complexity index is 994. The van der Waals surface area contributed by atoms with E-state index in [1.807, 2.05) is 34.6 Å². The maximum absolute atomic E-state index is 12.2. The second-order valence-electron chi connectivity index (χ2n) is 12.4. The number of rotatable bonds is 7. The van der Waals surface area contributed by atoms with E-state index in [0.29, 0.717) is 12.1 Å². The van der Waals surface area contributed by atoms with Gasteiger partial charge in [-0.05, 0) is 99.7 Å². The number of ether oxygens (including phenoxy) is 1. The van der Waals surface area contributed by atoms with Crippen molar-refractivity contribution in [3.05, 3.63) is 70.3 Å². The van der Waals surface area contributed by atoms with E-state index in [1.54, 1.807) is 6.92 Å². The molecule has 0 spiro atoms. The minimum Gasteiger partial charge on any atom is -0.444 e. The highest BCUT2D eigenvalue weighted by atomic mass is 19.1. The summed E-state index contributed by atoms with van der Waals surface area (Å²) in [7, 11) is 0. The number of hydrogen-bond donors (Lipinski definition) is 3. The number of aliphatic hydroxyl groups excluding tert-OH is 1. The van der Waals surface area contributed by atoms with E-state index in [2.05, 4.69) is 49.6 Å². The second-order valence-corrected chi connectivity index (χ2v) is 12.4. The first kappa shape index (κ1) is 35.5. The van der Waals surface area contributed by atoms with Crippen LogP contribution in [0.1, 0.15) is 96.5 Å². The summed E-state index contributed by atoms with van der Waals surface area (Å²) in [4.78, 5) is 11.8. The number of aryl methyl sites for hydroxylation is 2. The molecule has 2 aromatic rings. The van der Waals surface area contributed by atoms with Gasteiger partial charge in [0.15, 0.2) is 0 Å². The summed E-state index contributed by atoms with van der Waals surface area (Å²) in [6.45, 7) is 19.5. The van der Waals surface area contributed by atoms with Crippen LogP contribution >= 0.6 is 0 Å². The number of aliphatic hydroxyl groups is 1. The van der Waals surface area contributed by atoms with Crippen LogP contribution in [0.5, 0.6) is 0 Å². The Labute approximate surface area is 241 Å². The normalized spacial score (nSPS) is 16.5. The van der Waals surface area contributed by atoms with Crippen molar-refractivity contribution < 1.29 is 23.4 Å². The molecule has 0 aliphatic heterocycles. The average Bonchev–Trinajstić information content (AvgIpc) is 2.82. The van der Waals surface area contributed by atoms with E-state index in [4.69, 9.17) is 4.74 Å². The van der Waals surface area contributed by atoms with E-state index in [-0.39, 0.29) is 30.1 Å². The molecule has 40 heavy (non-hydrogen) atoms. The molecular weight excluding hydrogens is 510 g/mol. The smallest absolute Gasteiger partial charge is 0.407 e. The minimum absolute atomic E-state index is 0.158. The number of fused-ring (bicyclic) bond motifs is 1. The zero-order chi connectivity index (χ0) is 30.5. The molecule has 0 fully saturated rings. The fourth-order valence-electron chi connectivity index (χ4n) is 4.66. The molecule has 2 aromatic carbocycles. The number of benzene rings is 2. The van der Waals surface area contributed by atoms with Gasteiger partial charge in [-0.3, -0.25) is 0 Å². The third-order valence-electron chi connectivity index (χ3n) is 6.16. The number of carbonyl (C=O) groups is 1. The molecule has 1 amide bonds. The van der Waals surface area contributed by atoms with Crippen LogP contribution in [0.2, 0.25) is 0 Å². The second kappa shape index (κ2) is 16.7. The topological polar surface area (TPSA) is 70.6 Å². The van der Waals surface area contributed by atoms with Crippen molar-refractivity contribution in [2.75, 3.05) is 19.7 Å². The molecule has 1 aliphatic rings. The van der Waals surface area contributed by atoms with Crippen molar-refractivity contribution in [2.24, 2.45) is 11.3 Å². The molecule has 0 heterocycles. The molecule has 226 valence electrons. The maximum Gasteiger partial charge on any atom is 0.407 e. The highest BCUT2D eigenvalue weighted by molar-refractivity contribution is 5.67. The third kappa shape index (κ3) is 13.7. The van der Waals surface area contributed by atoms with Gasteiger partial charge in [0, 0.05) is 31.2 Å². The highest BCUT2D eigenvalue weighted by Gasteiger charge is 2.29. The first-order valence-corrected chi connectivity index (χ1v) is 14.5. The Hall–Kier alpha value is -2.51. The van der Waals surface area contributed by atoms with Gasteiger partial charge in [0.05, 0.1) is 0 Å². The Morgan fingerprint density at radius 3 is 2.15 bits per heavy atom. The molecule has 3 rings (SSSR count). The molecule has 0 radical (unpaired) electrons. The predicted molar refractivity (Wildman–Crippen MR) is 161 cm³/mol. The van der Waals surface area contributed by atoms with Crippen LogP contribution in [0.15, 0.2) is 36.4 Å². The quantitative estimate of drug-likeness (QED) is 0.303. The lowest BCUT2D eigenvalue weighted by Gasteiger charge is -2.34. The minimum atomic E-state index is -0.521. The van der Waals surface area contributed by atoms with E-state index in [9.17, 15) is 18.7 Å². The molecule has 2 unspecified atom stereocenters. The molecule has 3 N–H and O–H groups in total. The molecule has 2 atom stereocenters. The number of nitrogens with one attached hydrogen (secondary N) is 2. The van der Waals surface area contributed by atoms with Gasteiger partial charge < -0.3 is 20.5 Å². The van der Waals surface area contributed by atoms with Gasteiger partial charge in [-0.25, -0.2) is 13.6 Å². The van der Waals surface area contributed by atoms with Crippen LogP contribution in [0.25, 0.3) is 0 Å². The first-order valence-electron chi connectivity index (χ1n) is 14.5. The molecule has 0 bridgehead atoms. The van der Waals surface area contributed by atoms with Crippen LogP contribution in [0.3, 0.4) is 0 Å². The Morgan fingerprint density at radius 2 is 1.62 bits per heavy atom. The number of carbonyl (C=O) groups excluding carboxylic acids is 1. The van der Waals surface area contributed by atoms with Crippen LogP contribution in [0, 0.1) is 29.9 Å². The zero-order valence-electron chi connectivity index (χ0n) is 26.1. The van der Waals surface area contributed by atoms with E-state index in [0.717, 1.165) is 38.3 Å². The Morgan fingerprint density at radius 1 is 1.00 bits per heavy atom. The summed E-state index contributed by atoms with van der Waals surface area (Å²) in [6.07, 6.45) is 3.49. The third-order valence-corrected chi connectivity index (χ3v) is 6.16. The van der Waals surface area contributed by atoms with Crippen LogP contribution < -0.4 is 10.6 Å². The van der Waals surface area contributed by atoms with Gasteiger partial charge >= 0.3 is 6.09 Å². The van der Waals surface area contributed by atoms with Crippen molar-refractivity contribution in [2.45, 2.75) is 99.6 Å². The van der Waals surface area contributed by atoms with E-state index in [1.165, 1.54) is 28.8 Å². The van der Waals surface area contributed by atoms with Gasteiger partial charge in [-0.15, -0.1) is 0 Å². The predicted octanol–water partition coefficient (Wildman–Crippen LogP) is 7.67. The summed E-state index contributed by atoms with van der Waals surface area (Å²) >= 11 is 0. The summed E-state index contributed by atoms with van der Waals surface area (Å²) in [5.41, 5.74) is 4.44. The maximum atomic E-state index is 12.2. The van der Waals surface area contributed by atoms with Crippen LogP contribution in [0.4, 0.5) is 13.6 Å². The van der Waals surface area contributed by atoms with Gasteiger partial charge in [-0.1, -0.05) is 52.8 Å². The van der Waals surface area contributed by atoms with Crippen molar-refractivity contribution in [1.29, 1.82) is 0 Å². The largest absolute Gasteiger partial charge is 0.444 e. The first-order chi connectivity index (χ1) is 18.7. The fraction of sp³-hybridized carbons (Fsp3) is 0.606. The average molecular weight is 563 g/mol. The molecule has 5 nitrogen and oxygen atoms in total. The summed E-state index contributed by atoms with van der Waals surface area (Å²) < 4.78 is 29.6. The molecular formula is C33H52F2N2O3. The molecule has 0 aromatic heterocycles. The highest BCUT2D eigenvalue weighted by Crippen LogP contribution is 2.36. The fourth-order valence-corrected chi connectivity index (χ4v) is 4.66. The number of amides is 1. The standard InChI is InChI=1S/C24H40N2O3.C7H6F2.C2H6/c1-23(2,3)15-17-8-9-18-10-11-19(16-27)21(20(18)14-17)25-12-7-13-26-22(28)29-24(4,5)6;1-5-2-6(8)4-7(9)3-5;1-2/h8-9,14,19,21,25,27H,7,10-13,15-16H2,1-6H3,(H,26,28);2-4H,1H3;1-2H3. The van der Waals surface area contributed by atoms with Crippen molar-refractivity contribution >= 4 is 6.09 Å². The number of hydrogen-bond acceptors (Lipinski definition) is 4. The Kier molecular flexibility index (Phi) is 14.8. The van der Waals surface area contributed by atoms with Gasteiger partial charge in [0.25, 0.3) is 0 Å². The lowest BCUT2D eigenvalue weighted by atomic mass is 9.78. The lowest BCUT2D eigenvalue weighted by Crippen LogP contribution is -2.37. The van der Waals surface area contributed by atoms with Crippen LogP contribution in [-0.2, 0) is 17.6 Å². The van der Waals surface area contributed by atoms with Gasteiger partial charge in [0.2, 0.25) is 0 Å². The molecule has 7 heteroatoms.